The lowest BCUT2D eigenvalue weighted by atomic mass is 9.91. The summed E-state index contributed by atoms with van der Waals surface area (Å²) in [5.74, 6) is 0.00292. The first-order chi connectivity index (χ1) is 10.6. The van der Waals surface area contributed by atoms with E-state index < -0.39 is 5.54 Å². The van der Waals surface area contributed by atoms with Gasteiger partial charge in [0, 0.05) is 39.3 Å². The zero-order valence-electron chi connectivity index (χ0n) is 13.6. The maximum atomic E-state index is 12.7. The van der Waals surface area contributed by atoms with Crippen LogP contribution in [0, 0.1) is 0 Å². The number of ether oxygens (including phenoxy) is 1. The van der Waals surface area contributed by atoms with Gasteiger partial charge in [0.05, 0.1) is 6.61 Å². The number of carbonyl (C=O) groups excluding carboxylic acids is 1. The minimum Gasteiger partial charge on any atom is -0.380 e. The quantitative estimate of drug-likeness (QED) is 0.798. The van der Waals surface area contributed by atoms with Crippen LogP contribution in [0.2, 0.25) is 0 Å². The summed E-state index contributed by atoms with van der Waals surface area (Å²) in [5.41, 5.74) is 6.22. The maximum absolute atomic E-state index is 12.7. The highest BCUT2D eigenvalue weighted by Gasteiger charge is 2.35. The van der Waals surface area contributed by atoms with Gasteiger partial charge in [-0.25, -0.2) is 0 Å². The Bertz CT molecular complexity index is 468. The molecule has 0 saturated carbocycles. The second kappa shape index (κ2) is 7.72. The summed E-state index contributed by atoms with van der Waals surface area (Å²) in [4.78, 5) is 17.0. The molecule has 2 N–H and O–H groups in total. The summed E-state index contributed by atoms with van der Waals surface area (Å²) < 4.78 is 5.38. The second-order valence-corrected chi connectivity index (χ2v) is 5.90. The molecular weight excluding hydrogens is 278 g/mol. The Kier molecular flexibility index (Phi) is 5.94. The highest BCUT2D eigenvalue weighted by atomic mass is 16.5. The van der Waals surface area contributed by atoms with E-state index in [1.807, 2.05) is 42.2 Å². The molecule has 1 amide bonds. The van der Waals surface area contributed by atoms with Crippen LogP contribution in [0.1, 0.15) is 19.4 Å². The van der Waals surface area contributed by atoms with Gasteiger partial charge >= 0.3 is 0 Å². The Balaban J connectivity index is 1.89. The van der Waals surface area contributed by atoms with Crippen LogP contribution in [0.4, 0.5) is 0 Å². The van der Waals surface area contributed by atoms with Crippen LogP contribution >= 0.6 is 0 Å². The topological polar surface area (TPSA) is 58.8 Å². The lowest BCUT2D eigenvalue weighted by molar-refractivity contribution is -0.138. The van der Waals surface area contributed by atoms with Gasteiger partial charge in [-0.3, -0.25) is 9.69 Å². The van der Waals surface area contributed by atoms with E-state index in [9.17, 15) is 4.79 Å². The fourth-order valence-corrected chi connectivity index (χ4v) is 2.75. The molecule has 1 aliphatic rings. The Morgan fingerprint density at radius 1 is 1.23 bits per heavy atom. The van der Waals surface area contributed by atoms with Crippen molar-refractivity contribution in [2.75, 3.05) is 45.9 Å². The van der Waals surface area contributed by atoms with E-state index in [0.29, 0.717) is 0 Å². The van der Waals surface area contributed by atoms with Crippen LogP contribution in [-0.4, -0.2) is 61.6 Å². The fraction of sp³-hybridized carbons (Fsp3) is 0.588. The molecule has 0 aromatic heterocycles. The predicted molar refractivity (Wildman–Crippen MR) is 87.5 cm³/mol. The van der Waals surface area contributed by atoms with Crippen LogP contribution in [0.15, 0.2) is 30.3 Å². The molecule has 0 bridgehead atoms. The van der Waals surface area contributed by atoms with Gasteiger partial charge < -0.3 is 15.4 Å². The molecule has 1 aromatic carbocycles. The van der Waals surface area contributed by atoms with Crippen molar-refractivity contribution in [3.8, 4) is 0 Å². The molecule has 0 radical (unpaired) electrons. The van der Waals surface area contributed by atoms with Gasteiger partial charge in [0.1, 0.15) is 5.54 Å². The van der Waals surface area contributed by atoms with E-state index in [-0.39, 0.29) is 5.91 Å². The first kappa shape index (κ1) is 16.9. The SMILES string of the molecule is CCOCCN1CCN(C(=O)C(C)(N)c2ccccc2)CC1. The van der Waals surface area contributed by atoms with Gasteiger partial charge in [-0.2, -0.15) is 0 Å². The molecule has 5 nitrogen and oxygen atoms in total. The van der Waals surface area contributed by atoms with Gasteiger partial charge in [-0.05, 0) is 19.4 Å². The Morgan fingerprint density at radius 3 is 2.45 bits per heavy atom. The van der Waals surface area contributed by atoms with Crippen LogP contribution in [0.5, 0.6) is 0 Å². The monoisotopic (exact) mass is 305 g/mol. The van der Waals surface area contributed by atoms with Crippen LogP contribution < -0.4 is 5.73 Å². The molecule has 1 unspecified atom stereocenters. The summed E-state index contributed by atoms with van der Waals surface area (Å²) in [6, 6.07) is 9.59. The number of benzene rings is 1. The van der Waals surface area contributed by atoms with Crippen molar-refractivity contribution in [3.63, 3.8) is 0 Å². The van der Waals surface area contributed by atoms with E-state index in [0.717, 1.165) is 51.5 Å². The van der Waals surface area contributed by atoms with Crippen molar-refractivity contribution in [1.29, 1.82) is 0 Å². The highest BCUT2D eigenvalue weighted by molar-refractivity contribution is 5.87. The van der Waals surface area contributed by atoms with E-state index in [1.54, 1.807) is 6.92 Å². The number of hydrogen-bond acceptors (Lipinski definition) is 4. The molecule has 1 atom stereocenters. The number of hydrogen-bond donors (Lipinski definition) is 1. The lowest BCUT2D eigenvalue weighted by Crippen LogP contribution is -2.57. The third-order valence-corrected chi connectivity index (χ3v) is 4.23. The summed E-state index contributed by atoms with van der Waals surface area (Å²) in [7, 11) is 0. The van der Waals surface area contributed by atoms with Crippen molar-refractivity contribution in [1.82, 2.24) is 9.80 Å². The molecule has 1 fully saturated rings. The molecular formula is C17H27N3O2. The number of piperazine rings is 1. The molecule has 0 aliphatic carbocycles. The second-order valence-electron chi connectivity index (χ2n) is 5.90. The highest BCUT2D eigenvalue weighted by Crippen LogP contribution is 2.21. The standard InChI is InChI=1S/C17H27N3O2/c1-3-22-14-13-19-9-11-20(12-10-19)16(21)17(2,18)15-7-5-4-6-8-15/h4-8H,3,9-14,18H2,1-2H3. The number of nitrogens with two attached hydrogens (primary N) is 1. The first-order valence-electron chi connectivity index (χ1n) is 7.99. The van der Waals surface area contributed by atoms with Crippen molar-refractivity contribution in [2.24, 2.45) is 5.73 Å². The Morgan fingerprint density at radius 2 is 1.86 bits per heavy atom. The van der Waals surface area contributed by atoms with Crippen molar-refractivity contribution in [2.45, 2.75) is 19.4 Å². The Hall–Kier alpha value is -1.43. The van der Waals surface area contributed by atoms with Gasteiger partial charge in [0.2, 0.25) is 5.91 Å². The molecule has 2 rings (SSSR count). The molecule has 22 heavy (non-hydrogen) atoms. The van der Waals surface area contributed by atoms with Gasteiger partial charge in [-0.15, -0.1) is 0 Å². The van der Waals surface area contributed by atoms with Crippen LogP contribution in [0.3, 0.4) is 0 Å². The zero-order valence-corrected chi connectivity index (χ0v) is 13.6. The normalized spacial score (nSPS) is 19.0. The first-order valence-corrected chi connectivity index (χ1v) is 7.99. The molecule has 0 spiro atoms. The third-order valence-electron chi connectivity index (χ3n) is 4.23. The largest absolute Gasteiger partial charge is 0.380 e. The lowest BCUT2D eigenvalue weighted by Gasteiger charge is -2.38. The molecule has 1 aromatic rings. The number of carbonyl (C=O) groups is 1. The van der Waals surface area contributed by atoms with Crippen LogP contribution in [0.25, 0.3) is 0 Å². The maximum Gasteiger partial charge on any atom is 0.247 e. The van der Waals surface area contributed by atoms with E-state index in [4.69, 9.17) is 10.5 Å². The van der Waals surface area contributed by atoms with Crippen LogP contribution in [-0.2, 0) is 15.1 Å². The van der Waals surface area contributed by atoms with Crippen molar-refractivity contribution in [3.05, 3.63) is 35.9 Å². The van der Waals surface area contributed by atoms with Gasteiger partial charge in [0.15, 0.2) is 0 Å². The van der Waals surface area contributed by atoms with Gasteiger partial charge in [0.25, 0.3) is 0 Å². The molecule has 122 valence electrons. The summed E-state index contributed by atoms with van der Waals surface area (Å²) >= 11 is 0. The molecule has 1 aliphatic heterocycles. The summed E-state index contributed by atoms with van der Waals surface area (Å²) in [5, 5.41) is 0. The minimum atomic E-state index is -0.964. The van der Waals surface area contributed by atoms with Crippen molar-refractivity contribution >= 4 is 5.91 Å². The van der Waals surface area contributed by atoms with Gasteiger partial charge in [-0.1, -0.05) is 30.3 Å². The minimum absolute atomic E-state index is 0.00292. The zero-order chi connectivity index (χ0) is 16.0. The smallest absolute Gasteiger partial charge is 0.247 e. The molecule has 1 heterocycles. The average molecular weight is 305 g/mol. The van der Waals surface area contributed by atoms with Crippen molar-refractivity contribution < 1.29 is 9.53 Å². The number of nitrogens with zero attached hydrogens (tertiary/aromatic N) is 2. The van der Waals surface area contributed by atoms with E-state index in [2.05, 4.69) is 4.90 Å². The predicted octanol–water partition coefficient (Wildman–Crippen LogP) is 1.04. The van der Waals surface area contributed by atoms with E-state index in [1.165, 1.54) is 0 Å². The summed E-state index contributed by atoms with van der Waals surface area (Å²) in [6.07, 6.45) is 0. The van der Waals surface area contributed by atoms with E-state index >= 15 is 0 Å². The Labute approximate surface area is 133 Å². The summed E-state index contributed by atoms with van der Waals surface area (Å²) in [6.45, 7) is 9.44. The molecule has 1 saturated heterocycles. The number of amides is 1. The fourth-order valence-electron chi connectivity index (χ4n) is 2.75. The average Bonchev–Trinajstić information content (AvgIpc) is 2.56. The molecule has 5 heteroatoms. The third kappa shape index (κ3) is 4.06. The number of rotatable bonds is 6.